The van der Waals surface area contributed by atoms with Crippen molar-refractivity contribution in [3.05, 3.63) is 60.2 Å². The fraction of sp³-hybridized carbons (Fsp3) is 0.294. The molecule has 1 N–H and O–H groups in total. The van der Waals surface area contributed by atoms with Crippen LogP contribution in [0.15, 0.2) is 59.5 Å². The summed E-state index contributed by atoms with van der Waals surface area (Å²) in [5.41, 5.74) is 0.852. The second kappa shape index (κ2) is 7.36. The van der Waals surface area contributed by atoms with Crippen LogP contribution < -0.4 is 4.74 Å². The zero-order valence-corrected chi connectivity index (χ0v) is 12.6. The zero-order chi connectivity index (χ0) is 14.4. The fourth-order valence-electron chi connectivity index (χ4n) is 1.90. The van der Waals surface area contributed by atoms with Gasteiger partial charge in [0.15, 0.2) is 0 Å². The number of hydrogen-bond acceptors (Lipinski definition) is 3. The maximum absolute atomic E-state index is 10.4. The average molecular weight is 288 g/mol. The molecule has 0 fully saturated rings. The first-order valence-corrected chi connectivity index (χ1v) is 7.77. The van der Waals surface area contributed by atoms with Crippen LogP contribution in [0.3, 0.4) is 0 Å². The van der Waals surface area contributed by atoms with Crippen molar-refractivity contribution in [2.75, 3.05) is 5.75 Å². The normalized spacial score (nSPS) is 12.4. The molecule has 0 aromatic heterocycles. The van der Waals surface area contributed by atoms with Gasteiger partial charge in [-0.25, -0.2) is 0 Å². The Morgan fingerprint density at radius 3 is 2.35 bits per heavy atom. The molecule has 2 rings (SSSR count). The summed E-state index contributed by atoms with van der Waals surface area (Å²) in [5, 5.41) is 10.4. The van der Waals surface area contributed by atoms with Gasteiger partial charge in [0.2, 0.25) is 0 Å². The minimum Gasteiger partial charge on any atom is -0.491 e. The van der Waals surface area contributed by atoms with Crippen molar-refractivity contribution in [2.45, 2.75) is 31.0 Å². The monoisotopic (exact) mass is 288 g/mol. The van der Waals surface area contributed by atoms with Crippen LogP contribution in [0.1, 0.15) is 25.5 Å². The van der Waals surface area contributed by atoms with Gasteiger partial charge in [-0.2, -0.15) is 0 Å². The third-order valence-corrected chi connectivity index (χ3v) is 3.88. The fourth-order valence-corrected chi connectivity index (χ4v) is 2.78. The molecule has 0 radical (unpaired) electrons. The van der Waals surface area contributed by atoms with Crippen LogP contribution in [0.25, 0.3) is 0 Å². The predicted molar refractivity (Wildman–Crippen MR) is 84.3 cm³/mol. The van der Waals surface area contributed by atoms with Crippen LogP contribution in [0.5, 0.6) is 5.75 Å². The van der Waals surface area contributed by atoms with E-state index in [4.69, 9.17) is 4.74 Å². The molecule has 2 aromatic carbocycles. The lowest BCUT2D eigenvalue weighted by Gasteiger charge is -2.17. The van der Waals surface area contributed by atoms with Gasteiger partial charge in [-0.3, -0.25) is 0 Å². The molecular weight excluding hydrogens is 268 g/mol. The highest BCUT2D eigenvalue weighted by molar-refractivity contribution is 7.99. The number of aliphatic hydroxyl groups is 1. The first kappa shape index (κ1) is 14.9. The van der Waals surface area contributed by atoms with Crippen molar-refractivity contribution in [2.24, 2.45) is 0 Å². The molecule has 0 bridgehead atoms. The summed E-state index contributed by atoms with van der Waals surface area (Å²) in [6, 6.07) is 17.8. The summed E-state index contributed by atoms with van der Waals surface area (Å²) in [7, 11) is 0. The summed E-state index contributed by atoms with van der Waals surface area (Å²) in [4.78, 5) is 1.16. The molecule has 106 valence electrons. The Bertz CT molecular complexity index is 526. The van der Waals surface area contributed by atoms with E-state index < -0.39 is 6.10 Å². The number of benzene rings is 2. The molecule has 0 amide bonds. The van der Waals surface area contributed by atoms with E-state index >= 15 is 0 Å². The van der Waals surface area contributed by atoms with Gasteiger partial charge >= 0.3 is 0 Å². The van der Waals surface area contributed by atoms with E-state index in [2.05, 4.69) is 0 Å². The molecule has 0 aliphatic carbocycles. The van der Waals surface area contributed by atoms with Crippen LogP contribution in [0, 0.1) is 0 Å². The van der Waals surface area contributed by atoms with Crippen LogP contribution >= 0.6 is 11.8 Å². The van der Waals surface area contributed by atoms with E-state index in [1.165, 1.54) is 0 Å². The molecule has 0 spiro atoms. The lowest BCUT2D eigenvalue weighted by Crippen LogP contribution is -2.10. The van der Waals surface area contributed by atoms with Gasteiger partial charge in [-0.05, 0) is 32.0 Å². The maximum Gasteiger partial charge on any atom is 0.125 e. The van der Waals surface area contributed by atoms with Gasteiger partial charge in [-0.1, -0.05) is 36.4 Å². The Labute approximate surface area is 124 Å². The second-order valence-electron chi connectivity index (χ2n) is 4.84. The van der Waals surface area contributed by atoms with Crippen LogP contribution in [0.2, 0.25) is 0 Å². The van der Waals surface area contributed by atoms with E-state index in [9.17, 15) is 5.11 Å². The van der Waals surface area contributed by atoms with Gasteiger partial charge in [0.25, 0.3) is 0 Å². The van der Waals surface area contributed by atoms with Gasteiger partial charge in [-0.15, -0.1) is 11.8 Å². The summed E-state index contributed by atoms with van der Waals surface area (Å²) in [6.07, 6.45) is -0.430. The lowest BCUT2D eigenvalue weighted by atomic mass is 10.1. The number of aliphatic hydroxyl groups excluding tert-OH is 1. The number of thioether (sulfide) groups is 1. The molecule has 1 atom stereocenters. The highest BCUT2D eigenvalue weighted by Crippen LogP contribution is 2.30. The van der Waals surface area contributed by atoms with Crippen LogP contribution in [-0.2, 0) is 0 Å². The van der Waals surface area contributed by atoms with Gasteiger partial charge in [0, 0.05) is 16.2 Å². The van der Waals surface area contributed by atoms with Gasteiger partial charge in [0.05, 0.1) is 12.2 Å². The van der Waals surface area contributed by atoms with Gasteiger partial charge < -0.3 is 9.84 Å². The molecule has 2 aromatic rings. The molecule has 0 saturated carbocycles. The Kier molecular flexibility index (Phi) is 5.50. The van der Waals surface area contributed by atoms with Crippen molar-refractivity contribution in [1.29, 1.82) is 0 Å². The molecule has 0 heterocycles. The highest BCUT2D eigenvalue weighted by Gasteiger charge is 2.14. The molecule has 0 aliphatic heterocycles. The SMILES string of the molecule is CC(C)Oc1ccccc1C(O)CSc1ccccc1. The predicted octanol–water partition coefficient (Wildman–Crippen LogP) is 4.30. The summed E-state index contributed by atoms with van der Waals surface area (Å²) >= 11 is 1.65. The summed E-state index contributed by atoms with van der Waals surface area (Å²) in [6.45, 7) is 3.98. The smallest absolute Gasteiger partial charge is 0.125 e. The number of ether oxygens (including phenoxy) is 1. The Hall–Kier alpha value is -1.45. The Balaban J connectivity index is 2.03. The molecule has 1 unspecified atom stereocenters. The number of rotatable bonds is 6. The summed E-state index contributed by atoms with van der Waals surface area (Å²) in [5.74, 6) is 1.38. The van der Waals surface area contributed by atoms with Crippen molar-refractivity contribution < 1.29 is 9.84 Å². The van der Waals surface area contributed by atoms with E-state index in [1.54, 1.807) is 11.8 Å². The summed E-state index contributed by atoms with van der Waals surface area (Å²) < 4.78 is 5.75. The molecule has 0 saturated heterocycles. The topological polar surface area (TPSA) is 29.5 Å². The molecule has 0 aliphatic rings. The highest BCUT2D eigenvalue weighted by atomic mass is 32.2. The van der Waals surface area contributed by atoms with Crippen molar-refractivity contribution >= 4 is 11.8 Å². The van der Waals surface area contributed by atoms with E-state index in [0.29, 0.717) is 5.75 Å². The van der Waals surface area contributed by atoms with Crippen molar-refractivity contribution in [3.8, 4) is 5.75 Å². The van der Waals surface area contributed by atoms with Crippen molar-refractivity contribution in [3.63, 3.8) is 0 Å². The lowest BCUT2D eigenvalue weighted by molar-refractivity contribution is 0.186. The minimum atomic E-state index is -0.532. The van der Waals surface area contributed by atoms with Crippen molar-refractivity contribution in [1.82, 2.24) is 0 Å². The number of hydrogen-bond donors (Lipinski definition) is 1. The molecular formula is C17H20O2S. The van der Waals surface area contributed by atoms with Crippen LogP contribution in [0.4, 0.5) is 0 Å². The van der Waals surface area contributed by atoms with E-state index in [-0.39, 0.29) is 6.10 Å². The van der Waals surface area contributed by atoms with E-state index in [0.717, 1.165) is 16.2 Å². The largest absolute Gasteiger partial charge is 0.491 e. The van der Waals surface area contributed by atoms with Crippen LogP contribution in [-0.4, -0.2) is 17.0 Å². The Morgan fingerprint density at radius 1 is 1.00 bits per heavy atom. The number of para-hydroxylation sites is 1. The molecule has 2 nitrogen and oxygen atoms in total. The third kappa shape index (κ3) is 4.29. The Morgan fingerprint density at radius 2 is 1.65 bits per heavy atom. The standard InChI is InChI=1S/C17H20O2S/c1-13(2)19-17-11-7-6-10-15(17)16(18)12-20-14-8-4-3-5-9-14/h3-11,13,16,18H,12H2,1-2H3. The second-order valence-corrected chi connectivity index (χ2v) is 5.94. The van der Waals surface area contributed by atoms with E-state index in [1.807, 2.05) is 68.4 Å². The average Bonchev–Trinajstić information content (AvgIpc) is 2.46. The zero-order valence-electron chi connectivity index (χ0n) is 11.8. The van der Waals surface area contributed by atoms with Gasteiger partial charge in [0.1, 0.15) is 5.75 Å². The maximum atomic E-state index is 10.4. The molecule has 3 heteroatoms. The minimum absolute atomic E-state index is 0.102. The molecule has 20 heavy (non-hydrogen) atoms. The first-order valence-electron chi connectivity index (χ1n) is 6.78. The third-order valence-electron chi connectivity index (χ3n) is 2.79. The first-order chi connectivity index (χ1) is 9.66. The quantitative estimate of drug-likeness (QED) is 0.804.